The molecule has 104 valence electrons. The first-order valence-electron chi connectivity index (χ1n) is 6.40. The van der Waals surface area contributed by atoms with Gasteiger partial charge in [0.25, 0.3) is 5.91 Å². The van der Waals surface area contributed by atoms with Crippen LogP contribution >= 0.6 is 0 Å². The van der Waals surface area contributed by atoms with Crippen molar-refractivity contribution in [1.82, 2.24) is 0 Å². The van der Waals surface area contributed by atoms with Crippen LogP contribution in [0.2, 0.25) is 0 Å². The van der Waals surface area contributed by atoms with E-state index in [0.717, 1.165) is 5.56 Å². The third-order valence-corrected chi connectivity index (χ3v) is 3.02. The van der Waals surface area contributed by atoms with Gasteiger partial charge in [-0.2, -0.15) is 0 Å². The number of anilines is 2. The van der Waals surface area contributed by atoms with Crippen LogP contribution in [0.5, 0.6) is 5.75 Å². The lowest BCUT2D eigenvalue weighted by atomic mass is 10.1. The van der Waals surface area contributed by atoms with E-state index in [0.29, 0.717) is 17.1 Å². The number of nitrogens with one attached hydrogen (secondary N) is 1. The molecule has 4 heteroatoms. The zero-order chi connectivity index (χ0) is 14.5. The van der Waals surface area contributed by atoms with Gasteiger partial charge in [-0.25, -0.2) is 0 Å². The van der Waals surface area contributed by atoms with Crippen LogP contribution in [0.25, 0.3) is 0 Å². The highest BCUT2D eigenvalue weighted by Crippen LogP contribution is 2.16. The maximum atomic E-state index is 11.8. The Labute approximate surface area is 118 Å². The van der Waals surface area contributed by atoms with Gasteiger partial charge in [0.15, 0.2) is 6.61 Å². The molecule has 3 N–H and O–H groups in total. The highest BCUT2D eigenvalue weighted by atomic mass is 16.5. The molecule has 2 aromatic carbocycles. The molecule has 20 heavy (non-hydrogen) atoms. The molecular formula is C16H18N2O2. The number of benzene rings is 2. The Morgan fingerprint density at radius 1 is 1.15 bits per heavy atom. The molecule has 0 aliphatic heterocycles. The first-order chi connectivity index (χ1) is 9.54. The van der Waals surface area contributed by atoms with Gasteiger partial charge >= 0.3 is 0 Å². The Morgan fingerprint density at radius 2 is 1.95 bits per heavy atom. The lowest BCUT2D eigenvalue weighted by molar-refractivity contribution is -0.118. The van der Waals surface area contributed by atoms with Gasteiger partial charge in [0.1, 0.15) is 5.75 Å². The molecule has 0 aliphatic rings. The van der Waals surface area contributed by atoms with Crippen molar-refractivity contribution in [3.63, 3.8) is 0 Å². The summed E-state index contributed by atoms with van der Waals surface area (Å²) in [7, 11) is 0. The SMILES string of the molecule is Cc1ccc(OCC(=O)Nc2cccc(N)c2)cc1C. The number of rotatable bonds is 4. The van der Waals surface area contributed by atoms with Crippen molar-refractivity contribution >= 4 is 17.3 Å². The lowest BCUT2D eigenvalue weighted by Crippen LogP contribution is -2.20. The molecule has 0 spiro atoms. The van der Waals surface area contributed by atoms with Crippen molar-refractivity contribution in [3.05, 3.63) is 53.6 Å². The highest BCUT2D eigenvalue weighted by molar-refractivity contribution is 5.92. The van der Waals surface area contributed by atoms with Crippen molar-refractivity contribution in [2.75, 3.05) is 17.7 Å². The van der Waals surface area contributed by atoms with Gasteiger partial charge in [0.2, 0.25) is 0 Å². The topological polar surface area (TPSA) is 64.3 Å². The minimum Gasteiger partial charge on any atom is -0.484 e. The minimum atomic E-state index is -0.214. The van der Waals surface area contributed by atoms with Crippen LogP contribution in [0.4, 0.5) is 11.4 Å². The summed E-state index contributed by atoms with van der Waals surface area (Å²) >= 11 is 0. The summed E-state index contributed by atoms with van der Waals surface area (Å²) in [6, 6.07) is 12.8. The van der Waals surface area contributed by atoms with E-state index in [4.69, 9.17) is 10.5 Å². The van der Waals surface area contributed by atoms with Gasteiger partial charge in [-0.05, 0) is 55.3 Å². The summed E-state index contributed by atoms with van der Waals surface area (Å²) in [4.78, 5) is 11.8. The van der Waals surface area contributed by atoms with Gasteiger partial charge < -0.3 is 15.8 Å². The van der Waals surface area contributed by atoms with E-state index >= 15 is 0 Å². The molecule has 2 rings (SSSR count). The maximum absolute atomic E-state index is 11.8. The zero-order valence-electron chi connectivity index (χ0n) is 11.6. The second-order valence-corrected chi connectivity index (χ2v) is 4.71. The quantitative estimate of drug-likeness (QED) is 0.840. The minimum absolute atomic E-state index is 0.0305. The standard InChI is InChI=1S/C16H18N2O2/c1-11-6-7-15(8-12(11)2)20-10-16(19)18-14-5-3-4-13(17)9-14/h3-9H,10,17H2,1-2H3,(H,18,19). The maximum Gasteiger partial charge on any atom is 0.262 e. The summed E-state index contributed by atoms with van der Waals surface area (Å²) < 4.78 is 5.46. The second kappa shape index (κ2) is 6.10. The zero-order valence-corrected chi connectivity index (χ0v) is 11.6. The van der Waals surface area contributed by atoms with Crippen molar-refractivity contribution < 1.29 is 9.53 Å². The van der Waals surface area contributed by atoms with Crippen LogP contribution in [0.3, 0.4) is 0 Å². The molecular weight excluding hydrogens is 252 g/mol. The van der Waals surface area contributed by atoms with Crippen LogP contribution in [0, 0.1) is 13.8 Å². The Kier molecular flexibility index (Phi) is 4.25. The number of carbonyl (C=O) groups is 1. The molecule has 0 unspecified atom stereocenters. The Balaban J connectivity index is 1.90. The molecule has 0 bridgehead atoms. The number of nitrogens with two attached hydrogens (primary N) is 1. The summed E-state index contributed by atoms with van der Waals surface area (Å²) in [5.74, 6) is 0.477. The summed E-state index contributed by atoms with van der Waals surface area (Å²) in [6.45, 7) is 4.01. The lowest BCUT2D eigenvalue weighted by Gasteiger charge is -2.09. The van der Waals surface area contributed by atoms with Crippen LogP contribution < -0.4 is 15.8 Å². The fraction of sp³-hybridized carbons (Fsp3) is 0.188. The predicted molar refractivity (Wildman–Crippen MR) is 80.9 cm³/mol. The van der Waals surface area contributed by atoms with Crippen LogP contribution in [-0.4, -0.2) is 12.5 Å². The molecule has 0 atom stereocenters. The Hall–Kier alpha value is -2.49. The Morgan fingerprint density at radius 3 is 2.65 bits per heavy atom. The first kappa shape index (κ1) is 13.9. The van der Waals surface area contributed by atoms with Gasteiger partial charge in [-0.3, -0.25) is 4.79 Å². The molecule has 4 nitrogen and oxygen atoms in total. The van der Waals surface area contributed by atoms with Gasteiger partial charge in [0.05, 0.1) is 0 Å². The summed E-state index contributed by atoms with van der Waals surface area (Å²) in [5, 5.41) is 2.74. The van der Waals surface area contributed by atoms with E-state index in [1.807, 2.05) is 32.0 Å². The molecule has 0 saturated carbocycles. The van der Waals surface area contributed by atoms with Gasteiger partial charge in [-0.1, -0.05) is 12.1 Å². The van der Waals surface area contributed by atoms with Crippen molar-refractivity contribution in [1.29, 1.82) is 0 Å². The smallest absolute Gasteiger partial charge is 0.262 e. The van der Waals surface area contributed by atoms with E-state index in [1.165, 1.54) is 5.56 Å². The van der Waals surface area contributed by atoms with E-state index in [9.17, 15) is 4.79 Å². The second-order valence-electron chi connectivity index (χ2n) is 4.71. The molecule has 0 aliphatic carbocycles. The molecule has 0 heterocycles. The van der Waals surface area contributed by atoms with E-state index < -0.39 is 0 Å². The van der Waals surface area contributed by atoms with Crippen molar-refractivity contribution in [3.8, 4) is 5.75 Å². The fourth-order valence-corrected chi connectivity index (χ4v) is 1.77. The van der Waals surface area contributed by atoms with Crippen LogP contribution in [0.1, 0.15) is 11.1 Å². The third kappa shape index (κ3) is 3.75. The molecule has 0 aromatic heterocycles. The Bertz CT molecular complexity index is 624. The average Bonchev–Trinajstić information content (AvgIpc) is 2.40. The molecule has 0 saturated heterocycles. The molecule has 0 fully saturated rings. The fourth-order valence-electron chi connectivity index (χ4n) is 1.77. The number of hydrogen-bond acceptors (Lipinski definition) is 3. The van der Waals surface area contributed by atoms with Gasteiger partial charge in [0, 0.05) is 11.4 Å². The van der Waals surface area contributed by atoms with E-state index in [1.54, 1.807) is 24.3 Å². The van der Waals surface area contributed by atoms with E-state index in [-0.39, 0.29) is 12.5 Å². The van der Waals surface area contributed by atoms with Gasteiger partial charge in [-0.15, -0.1) is 0 Å². The molecule has 2 aromatic rings. The third-order valence-electron chi connectivity index (χ3n) is 3.02. The van der Waals surface area contributed by atoms with E-state index in [2.05, 4.69) is 5.32 Å². The first-order valence-corrected chi connectivity index (χ1v) is 6.40. The number of hydrogen-bond donors (Lipinski definition) is 2. The average molecular weight is 270 g/mol. The number of ether oxygens (including phenoxy) is 1. The normalized spacial score (nSPS) is 10.1. The van der Waals surface area contributed by atoms with Crippen molar-refractivity contribution in [2.45, 2.75) is 13.8 Å². The van der Waals surface area contributed by atoms with Crippen LogP contribution in [0.15, 0.2) is 42.5 Å². The monoisotopic (exact) mass is 270 g/mol. The molecule has 0 radical (unpaired) electrons. The number of aryl methyl sites for hydroxylation is 2. The molecule has 1 amide bonds. The largest absolute Gasteiger partial charge is 0.484 e. The predicted octanol–water partition coefficient (Wildman–Crippen LogP) is 2.90. The number of nitrogen functional groups attached to an aromatic ring is 1. The summed E-state index contributed by atoms with van der Waals surface area (Å²) in [6.07, 6.45) is 0. The van der Waals surface area contributed by atoms with Crippen molar-refractivity contribution in [2.24, 2.45) is 0 Å². The highest BCUT2D eigenvalue weighted by Gasteiger charge is 2.04. The number of carbonyl (C=O) groups excluding carboxylic acids is 1. The van der Waals surface area contributed by atoms with Crippen LogP contribution in [-0.2, 0) is 4.79 Å². The number of amides is 1. The summed E-state index contributed by atoms with van der Waals surface area (Å²) in [5.41, 5.74) is 9.26.